The number of aromatic nitrogens is 1. The molecule has 8 aromatic rings. The van der Waals surface area contributed by atoms with Crippen LogP contribution in [0.5, 0.6) is 0 Å². The highest BCUT2D eigenvalue weighted by Crippen LogP contribution is 2.55. The molecule has 0 saturated carbocycles. The van der Waals surface area contributed by atoms with Crippen LogP contribution in [0.25, 0.3) is 49.4 Å². The van der Waals surface area contributed by atoms with Gasteiger partial charge in [0.15, 0.2) is 0 Å². The molecule has 47 heavy (non-hydrogen) atoms. The van der Waals surface area contributed by atoms with Gasteiger partial charge < -0.3 is 9.47 Å². The van der Waals surface area contributed by atoms with E-state index in [0.29, 0.717) is 0 Å². The van der Waals surface area contributed by atoms with Crippen molar-refractivity contribution in [3.8, 4) is 16.8 Å². The topological polar surface area (TPSA) is 8.17 Å². The quantitative estimate of drug-likeness (QED) is 0.194. The van der Waals surface area contributed by atoms with Gasteiger partial charge in [-0.25, -0.2) is 0 Å². The third kappa shape index (κ3) is 4.04. The summed E-state index contributed by atoms with van der Waals surface area (Å²) in [5, 5.41) is 5.12. The Morgan fingerprint density at radius 2 is 1.11 bits per heavy atom. The molecule has 0 aliphatic heterocycles. The largest absolute Gasteiger partial charge is 0.310 e. The zero-order valence-electron chi connectivity index (χ0n) is 27.3. The highest BCUT2D eigenvalue weighted by Gasteiger charge is 2.38. The Bertz CT molecular complexity index is 2460. The summed E-state index contributed by atoms with van der Waals surface area (Å²) in [7, 11) is 0. The third-order valence-electron chi connectivity index (χ3n) is 10.5. The molecule has 0 unspecified atom stereocenters. The first kappa shape index (κ1) is 27.7. The molecular weight excluding hydrogens is 569 g/mol. The maximum absolute atomic E-state index is 2.47. The molecule has 2 nitrogen and oxygen atoms in total. The van der Waals surface area contributed by atoms with Crippen LogP contribution in [-0.2, 0) is 5.41 Å². The Morgan fingerprint density at radius 1 is 0.489 bits per heavy atom. The normalized spacial score (nSPS) is 13.3. The van der Waals surface area contributed by atoms with Crippen LogP contribution in [0.15, 0.2) is 146 Å². The van der Waals surface area contributed by atoms with Crippen LogP contribution >= 0.6 is 0 Å². The van der Waals surface area contributed by atoms with Crippen molar-refractivity contribution in [2.24, 2.45) is 0 Å². The Kier molecular flexibility index (Phi) is 6.01. The van der Waals surface area contributed by atoms with Crippen LogP contribution in [0.4, 0.5) is 17.1 Å². The van der Waals surface area contributed by atoms with E-state index in [4.69, 9.17) is 0 Å². The zero-order chi connectivity index (χ0) is 31.9. The first-order valence-electron chi connectivity index (χ1n) is 16.5. The number of anilines is 3. The van der Waals surface area contributed by atoms with E-state index in [1.165, 1.54) is 83.0 Å². The molecule has 0 N–H and O–H groups in total. The number of hydrogen-bond acceptors (Lipinski definition) is 1. The van der Waals surface area contributed by atoms with Crippen molar-refractivity contribution in [3.05, 3.63) is 168 Å². The molecule has 1 aromatic heterocycles. The molecule has 0 atom stereocenters. The molecule has 1 aliphatic carbocycles. The second-order valence-electron chi connectivity index (χ2n) is 13.5. The van der Waals surface area contributed by atoms with Gasteiger partial charge in [-0.15, -0.1) is 0 Å². The van der Waals surface area contributed by atoms with Gasteiger partial charge in [-0.2, -0.15) is 0 Å². The lowest BCUT2D eigenvalue weighted by atomic mass is 9.81. The van der Waals surface area contributed by atoms with Crippen molar-refractivity contribution in [3.63, 3.8) is 0 Å². The molecular formula is C45H36N2. The summed E-state index contributed by atoms with van der Waals surface area (Å²) >= 11 is 0. The molecule has 0 saturated heterocycles. The fraction of sp³-hybridized carbons (Fsp3) is 0.111. The summed E-state index contributed by atoms with van der Waals surface area (Å²) in [6.45, 7) is 9.19. The zero-order valence-corrected chi connectivity index (χ0v) is 27.3. The Balaban J connectivity index is 1.29. The molecule has 0 amide bonds. The van der Waals surface area contributed by atoms with E-state index in [1.807, 2.05) is 0 Å². The highest BCUT2D eigenvalue weighted by molar-refractivity contribution is 6.11. The van der Waals surface area contributed by atoms with Crippen molar-refractivity contribution in [1.82, 2.24) is 4.57 Å². The van der Waals surface area contributed by atoms with E-state index in [9.17, 15) is 0 Å². The SMILES string of the molecule is Cc1ccc(N(c2ccccc2)c2cc3c(c4ccccc24)-c2ccc(-n4c5ccccc5c5ccccc54)cc2C3(C)C)cc1C. The molecule has 1 heterocycles. The maximum atomic E-state index is 2.47. The molecule has 0 radical (unpaired) electrons. The van der Waals surface area contributed by atoms with Gasteiger partial charge in [-0.3, -0.25) is 0 Å². The number of benzene rings is 7. The molecule has 0 spiro atoms. The standard InChI is InChI=1S/C45H36N2/c1-29-22-23-32(26-30(29)2)46(31-14-6-5-7-15-31)43-28-40-44(37-19-9-8-18-36(37)43)38-25-24-33(27-39(38)45(40,3)4)47-41-20-12-10-16-34(41)35-17-11-13-21-42(35)47/h5-28H,1-4H3. The highest BCUT2D eigenvalue weighted by atomic mass is 15.1. The van der Waals surface area contributed by atoms with E-state index in [1.54, 1.807) is 0 Å². The van der Waals surface area contributed by atoms with E-state index < -0.39 is 0 Å². The summed E-state index contributed by atoms with van der Waals surface area (Å²) < 4.78 is 2.43. The van der Waals surface area contributed by atoms with E-state index >= 15 is 0 Å². The van der Waals surface area contributed by atoms with Crippen molar-refractivity contribution in [2.75, 3.05) is 4.90 Å². The minimum absolute atomic E-state index is 0.205. The molecule has 2 heteroatoms. The first-order valence-corrected chi connectivity index (χ1v) is 16.5. The van der Waals surface area contributed by atoms with Crippen LogP contribution in [0.1, 0.15) is 36.1 Å². The smallest absolute Gasteiger partial charge is 0.0543 e. The van der Waals surface area contributed by atoms with Gasteiger partial charge in [0.1, 0.15) is 0 Å². The summed E-state index contributed by atoms with van der Waals surface area (Å²) in [6.07, 6.45) is 0. The van der Waals surface area contributed by atoms with E-state index in [2.05, 4.69) is 183 Å². The summed E-state index contributed by atoms with van der Waals surface area (Å²) in [4.78, 5) is 2.44. The molecule has 226 valence electrons. The van der Waals surface area contributed by atoms with E-state index in [0.717, 1.165) is 5.69 Å². The Morgan fingerprint density at radius 3 is 1.79 bits per heavy atom. The first-order chi connectivity index (χ1) is 22.9. The fourth-order valence-electron chi connectivity index (χ4n) is 7.95. The number of hydrogen-bond donors (Lipinski definition) is 0. The van der Waals surface area contributed by atoms with Gasteiger partial charge in [-0.05, 0) is 107 Å². The van der Waals surface area contributed by atoms with Gasteiger partial charge >= 0.3 is 0 Å². The predicted octanol–water partition coefficient (Wildman–Crippen LogP) is 12.3. The van der Waals surface area contributed by atoms with Gasteiger partial charge in [0, 0.05) is 38.6 Å². The monoisotopic (exact) mass is 604 g/mol. The average molecular weight is 605 g/mol. The molecule has 1 aliphatic rings. The minimum atomic E-state index is -0.205. The minimum Gasteiger partial charge on any atom is -0.310 e. The number of para-hydroxylation sites is 3. The molecule has 7 aromatic carbocycles. The number of rotatable bonds is 4. The lowest BCUT2D eigenvalue weighted by Crippen LogP contribution is -2.17. The van der Waals surface area contributed by atoms with Crippen LogP contribution in [0, 0.1) is 13.8 Å². The second kappa shape index (κ2) is 10.2. The second-order valence-corrected chi connectivity index (χ2v) is 13.5. The summed E-state index contributed by atoms with van der Waals surface area (Å²) in [6, 6.07) is 53.7. The van der Waals surface area contributed by atoms with Gasteiger partial charge in [0.2, 0.25) is 0 Å². The number of nitrogens with zero attached hydrogens (tertiary/aromatic N) is 2. The van der Waals surface area contributed by atoms with Gasteiger partial charge in [0.05, 0.1) is 16.7 Å². The van der Waals surface area contributed by atoms with E-state index in [-0.39, 0.29) is 5.41 Å². The van der Waals surface area contributed by atoms with Crippen molar-refractivity contribution < 1.29 is 0 Å². The maximum Gasteiger partial charge on any atom is 0.0543 e. The predicted molar refractivity (Wildman–Crippen MR) is 200 cm³/mol. The van der Waals surface area contributed by atoms with Crippen LogP contribution in [0.2, 0.25) is 0 Å². The Hall–Kier alpha value is -5.60. The van der Waals surface area contributed by atoms with Crippen molar-refractivity contribution in [1.29, 1.82) is 0 Å². The molecule has 0 bridgehead atoms. The van der Waals surface area contributed by atoms with Crippen LogP contribution in [-0.4, -0.2) is 4.57 Å². The third-order valence-corrected chi connectivity index (χ3v) is 10.5. The van der Waals surface area contributed by atoms with Crippen LogP contribution in [0.3, 0.4) is 0 Å². The number of fused-ring (bicyclic) bond motifs is 8. The molecule has 9 rings (SSSR count). The number of aryl methyl sites for hydroxylation is 2. The van der Waals surface area contributed by atoms with Crippen LogP contribution < -0.4 is 4.90 Å². The Labute approximate surface area is 276 Å². The summed E-state index contributed by atoms with van der Waals surface area (Å²) in [5.74, 6) is 0. The average Bonchev–Trinajstić information content (AvgIpc) is 3.55. The lowest BCUT2D eigenvalue weighted by Gasteiger charge is -2.30. The lowest BCUT2D eigenvalue weighted by molar-refractivity contribution is 0.660. The summed E-state index contributed by atoms with van der Waals surface area (Å²) in [5.41, 5.74) is 15.0. The molecule has 0 fully saturated rings. The van der Waals surface area contributed by atoms with Crippen molar-refractivity contribution in [2.45, 2.75) is 33.1 Å². The van der Waals surface area contributed by atoms with Crippen molar-refractivity contribution >= 4 is 49.6 Å². The van der Waals surface area contributed by atoms with Gasteiger partial charge in [-0.1, -0.05) is 105 Å². The van der Waals surface area contributed by atoms with Gasteiger partial charge in [0.25, 0.3) is 0 Å². The fourth-order valence-corrected chi connectivity index (χ4v) is 7.95.